The number of carbonyl (C=O) groups excluding carboxylic acids is 3. The maximum Gasteiger partial charge on any atom is 0.416 e. The Balaban J connectivity index is 1.68. The largest absolute Gasteiger partial charge is 0.416 e. The van der Waals surface area contributed by atoms with Crippen LogP contribution in [-0.2, 0) is 15.8 Å². The molecule has 3 rings (SSSR count). The van der Waals surface area contributed by atoms with Crippen LogP contribution in [0.15, 0.2) is 54.2 Å². The van der Waals surface area contributed by atoms with Gasteiger partial charge in [0, 0.05) is 5.69 Å². The topological polar surface area (TPSA) is 78.5 Å². The van der Waals surface area contributed by atoms with Crippen molar-refractivity contribution in [3.05, 3.63) is 70.9 Å². The summed E-state index contributed by atoms with van der Waals surface area (Å²) in [7, 11) is 0. The molecule has 0 unspecified atom stereocenters. The van der Waals surface area contributed by atoms with Gasteiger partial charge in [0.25, 0.3) is 5.91 Å². The van der Waals surface area contributed by atoms with E-state index in [1.807, 2.05) is 6.92 Å². The summed E-state index contributed by atoms with van der Waals surface area (Å²) in [6.07, 6.45) is -3.22. The van der Waals surface area contributed by atoms with Crippen molar-refractivity contribution in [2.45, 2.75) is 13.1 Å². The lowest BCUT2D eigenvalue weighted by atomic mass is 10.1. The average molecular weight is 403 g/mol. The van der Waals surface area contributed by atoms with Crippen molar-refractivity contribution in [2.24, 2.45) is 0 Å². The molecule has 1 heterocycles. The second kappa shape index (κ2) is 7.78. The number of amides is 4. The highest BCUT2D eigenvalue weighted by Crippen LogP contribution is 2.29. The smallest absolute Gasteiger partial charge is 0.325 e. The molecule has 1 fully saturated rings. The van der Waals surface area contributed by atoms with E-state index in [0.29, 0.717) is 11.3 Å². The Labute approximate surface area is 164 Å². The summed E-state index contributed by atoms with van der Waals surface area (Å²) in [5, 5.41) is 4.90. The predicted octanol–water partition coefficient (Wildman–Crippen LogP) is 3.55. The molecule has 4 amide bonds. The summed E-state index contributed by atoms with van der Waals surface area (Å²) >= 11 is 0. The third-order valence-corrected chi connectivity index (χ3v) is 4.15. The molecule has 0 bridgehead atoms. The molecule has 2 aromatic carbocycles. The third-order valence-electron chi connectivity index (χ3n) is 4.15. The number of hydrogen-bond acceptors (Lipinski definition) is 3. The Morgan fingerprint density at radius 3 is 2.28 bits per heavy atom. The molecule has 6 nitrogen and oxygen atoms in total. The Morgan fingerprint density at radius 1 is 1.07 bits per heavy atom. The van der Waals surface area contributed by atoms with E-state index in [1.54, 1.807) is 24.3 Å². The predicted molar refractivity (Wildman–Crippen MR) is 99.5 cm³/mol. The van der Waals surface area contributed by atoms with Gasteiger partial charge in [0.1, 0.15) is 12.2 Å². The molecule has 29 heavy (non-hydrogen) atoms. The Bertz CT molecular complexity index is 981. The number of rotatable bonds is 4. The van der Waals surface area contributed by atoms with Crippen molar-refractivity contribution in [3.63, 3.8) is 0 Å². The number of hydrogen-bond donors (Lipinski definition) is 2. The molecule has 0 radical (unpaired) electrons. The number of nitrogens with zero attached hydrogens (tertiary/aromatic N) is 1. The lowest BCUT2D eigenvalue weighted by Gasteiger charge is -2.12. The normalized spacial score (nSPS) is 15.6. The third kappa shape index (κ3) is 4.81. The van der Waals surface area contributed by atoms with Crippen molar-refractivity contribution in [1.29, 1.82) is 0 Å². The second-order valence-electron chi connectivity index (χ2n) is 6.41. The number of carbonyl (C=O) groups is 3. The molecule has 9 heteroatoms. The van der Waals surface area contributed by atoms with E-state index in [4.69, 9.17) is 0 Å². The van der Waals surface area contributed by atoms with Gasteiger partial charge in [-0.15, -0.1) is 0 Å². The van der Waals surface area contributed by atoms with Crippen LogP contribution in [0.1, 0.15) is 16.7 Å². The number of halogens is 3. The van der Waals surface area contributed by atoms with E-state index >= 15 is 0 Å². The van der Waals surface area contributed by atoms with Gasteiger partial charge < -0.3 is 10.6 Å². The van der Waals surface area contributed by atoms with E-state index in [1.165, 1.54) is 18.2 Å². The maximum absolute atomic E-state index is 12.6. The molecule has 1 saturated heterocycles. The monoisotopic (exact) mass is 403 g/mol. The van der Waals surface area contributed by atoms with Crippen LogP contribution in [0.25, 0.3) is 6.08 Å². The van der Waals surface area contributed by atoms with E-state index in [2.05, 4.69) is 10.6 Å². The SMILES string of the molecule is Cc1ccc(NC(=O)CN2C(=O)N/C(=C/c3ccc(C(F)(F)F)cc3)C2=O)cc1. The summed E-state index contributed by atoms with van der Waals surface area (Å²) in [5.41, 5.74) is 0.879. The molecular weight excluding hydrogens is 387 g/mol. The molecule has 1 aliphatic rings. The zero-order valence-electron chi connectivity index (χ0n) is 15.2. The molecule has 2 aromatic rings. The minimum Gasteiger partial charge on any atom is -0.325 e. The molecule has 2 N–H and O–H groups in total. The highest BCUT2D eigenvalue weighted by atomic mass is 19.4. The molecule has 0 atom stereocenters. The van der Waals surface area contributed by atoms with Crippen LogP contribution in [0.4, 0.5) is 23.7 Å². The molecule has 150 valence electrons. The van der Waals surface area contributed by atoms with E-state index in [-0.39, 0.29) is 5.70 Å². The van der Waals surface area contributed by atoms with Crippen molar-refractivity contribution < 1.29 is 27.6 Å². The number of imide groups is 1. The number of urea groups is 1. The standard InChI is InChI=1S/C20H16F3N3O3/c1-12-2-8-15(9-3-12)24-17(27)11-26-18(28)16(25-19(26)29)10-13-4-6-14(7-5-13)20(21,22)23/h2-10H,11H2,1H3,(H,24,27)(H,25,29)/b16-10+. The number of aryl methyl sites for hydroxylation is 1. The number of nitrogens with one attached hydrogen (secondary N) is 2. The summed E-state index contributed by atoms with van der Waals surface area (Å²) in [5.74, 6) is -1.30. The summed E-state index contributed by atoms with van der Waals surface area (Å²) in [6, 6.07) is 10.3. The molecule has 0 aliphatic carbocycles. The van der Waals surface area contributed by atoms with Gasteiger partial charge in [-0.05, 0) is 42.8 Å². The van der Waals surface area contributed by atoms with Crippen LogP contribution in [0.5, 0.6) is 0 Å². The Kier molecular flexibility index (Phi) is 5.40. The summed E-state index contributed by atoms with van der Waals surface area (Å²) in [4.78, 5) is 37.3. The van der Waals surface area contributed by atoms with Crippen LogP contribution in [-0.4, -0.2) is 29.3 Å². The minimum atomic E-state index is -4.47. The Morgan fingerprint density at radius 2 is 1.69 bits per heavy atom. The van der Waals surface area contributed by atoms with Crippen LogP contribution in [0, 0.1) is 6.92 Å². The second-order valence-corrected chi connectivity index (χ2v) is 6.41. The lowest BCUT2D eigenvalue weighted by molar-refractivity contribution is -0.137. The first-order chi connectivity index (χ1) is 13.6. The van der Waals surface area contributed by atoms with Crippen LogP contribution >= 0.6 is 0 Å². The molecule has 0 saturated carbocycles. The molecular formula is C20H16F3N3O3. The van der Waals surface area contributed by atoms with Gasteiger partial charge in [-0.1, -0.05) is 29.8 Å². The fourth-order valence-electron chi connectivity index (χ4n) is 2.63. The fraction of sp³-hybridized carbons (Fsp3) is 0.150. The van der Waals surface area contributed by atoms with Gasteiger partial charge >= 0.3 is 12.2 Å². The first-order valence-corrected chi connectivity index (χ1v) is 8.52. The van der Waals surface area contributed by atoms with Gasteiger partial charge in [0.05, 0.1) is 5.56 Å². The minimum absolute atomic E-state index is 0.127. The highest BCUT2D eigenvalue weighted by molar-refractivity contribution is 6.15. The van der Waals surface area contributed by atoms with Gasteiger partial charge in [-0.2, -0.15) is 13.2 Å². The number of alkyl halides is 3. The molecule has 1 aliphatic heterocycles. The molecule has 0 spiro atoms. The van der Waals surface area contributed by atoms with Gasteiger partial charge in [0.15, 0.2) is 0 Å². The van der Waals surface area contributed by atoms with E-state index in [0.717, 1.165) is 22.6 Å². The van der Waals surface area contributed by atoms with Crippen LogP contribution in [0.2, 0.25) is 0 Å². The first kappa shape index (κ1) is 20.1. The maximum atomic E-state index is 12.6. The van der Waals surface area contributed by atoms with Crippen molar-refractivity contribution >= 4 is 29.6 Å². The van der Waals surface area contributed by atoms with Crippen LogP contribution in [0.3, 0.4) is 0 Å². The van der Waals surface area contributed by atoms with Crippen molar-refractivity contribution in [3.8, 4) is 0 Å². The van der Waals surface area contributed by atoms with Gasteiger partial charge in [0.2, 0.25) is 5.91 Å². The fourth-order valence-corrected chi connectivity index (χ4v) is 2.63. The number of anilines is 1. The zero-order chi connectivity index (χ0) is 21.2. The van der Waals surface area contributed by atoms with Crippen molar-refractivity contribution in [2.75, 3.05) is 11.9 Å². The van der Waals surface area contributed by atoms with Gasteiger partial charge in [-0.25, -0.2) is 9.69 Å². The van der Waals surface area contributed by atoms with Crippen LogP contribution < -0.4 is 10.6 Å². The quantitative estimate of drug-likeness (QED) is 0.606. The lowest BCUT2D eigenvalue weighted by Crippen LogP contribution is -2.38. The average Bonchev–Trinajstić information content (AvgIpc) is 2.91. The first-order valence-electron chi connectivity index (χ1n) is 8.52. The zero-order valence-corrected chi connectivity index (χ0v) is 15.2. The highest BCUT2D eigenvalue weighted by Gasteiger charge is 2.35. The van der Waals surface area contributed by atoms with E-state index < -0.39 is 36.1 Å². The summed E-state index contributed by atoms with van der Waals surface area (Å²) < 4.78 is 37.8. The van der Waals surface area contributed by atoms with Gasteiger partial charge in [-0.3, -0.25) is 9.59 Å². The molecule has 0 aromatic heterocycles. The van der Waals surface area contributed by atoms with Crippen molar-refractivity contribution in [1.82, 2.24) is 10.2 Å². The Hall–Kier alpha value is -3.62. The number of benzene rings is 2. The summed E-state index contributed by atoms with van der Waals surface area (Å²) in [6.45, 7) is 1.40. The van der Waals surface area contributed by atoms with E-state index in [9.17, 15) is 27.6 Å².